The van der Waals surface area contributed by atoms with Crippen LogP contribution in [0.4, 0.5) is 5.95 Å². The predicted molar refractivity (Wildman–Crippen MR) is 66.4 cm³/mol. The van der Waals surface area contributed by atoms with E-state index in [9.17, 15) is 0 Å². The molecule has 0 radical (unpaired) electrons. The van der Waals surface area contributed by atoms with Crippen molar-refractivity contribution >= 4 is 16.9 Å². The van der Waals surface area contributed by atoms with Crippen molar-refractivity contribution in [3.05, 3.63) is 42.1 Å². The van der Waals surface area contributed by atoms with Crippen LogP contribution >= 0.6 is 0 Å². The van der Waals surface area contributed by atoms with Gasteiger partial charge in [0, 0.05) is 11.6 Å². The van der Waals surface area contributed by atoms with Crippen LogP contribution in [-0.4, -0.2) is 9.97 Å². The lowest BCUT2D eigenvalue weighted by Gasteiger charge is -1.96. The van der Waals surface area contributed by atoms with Crippen molar-refractivity contribution in [3.8, 4) is 11.5 Å². The fourth-order valence-electron chi connectivity index (χ4n) is 1.85. The third-order valence-electron chi connectivity index (χ3n) is 2.67. The van der Waals surface area contributed by atoms with Gasteiger partial charge in [-0.1, -0.05) is 18.2 Å². The normalized spacial score (nSPS) is 10.9. The van der Waals surface area contributed by atoms with E-state index in [0.717, 1.165) is 16.5 Å². The first-order valence-electron chi connectivity index (χ1n) is 5.32. The van der Waals surface area contributed by atoms with Crippen LogP contribution in [0.5, 0.6) is 0 Å². The summed E-state index contributed by atoms with van der Waals surface area (Å²) in [6.45, 7) is 2.02. The SMILES string of the molecule is Cc1cccc2cc(-c3ccnc(N)n3)oc12. The van der Waals surface area contributed by atoms with Gasteiger partial charge in [0.05, 0.1) is 0 Å². The first-order valence-corrected chi connectivity index (χ1v) is 5.32. The molecule has 4 nitrogen and oxygen atoms in total. The summed E-state index contributed by atoms with van der Waals surface area (Å²) in [7, 11) is 0. The molecule has 3 rings (SSSR count). The van der Waals surface area contributed by atoms with E-state index < -0.39 is 0 Å². The minimum Gasteiger partial charge on any atom is -0.454 e. The van der Waals surface area contributed by atoms with E-state index >= 15 is 0 Å². The number of nitrogen functional groups attached to an aromatic ring is 1. The second kappa shape index (κ2) is 3.59. The molecule has 0 atom stereocenters. The Kier molecular flexibility index (Phi) is 2.08. The number of hydrogen-bond donors (Lipinski definition) is 1. The minimum atomic E-state index is 0.250. The van der Waals surface area contributed by atoms with Crippen LogP contribution in [0, 0.1) is 6.92 Å². The van der Waals surface area contributed by atoms with Gasteiger partial charge in [0.1, 0.15) is 11.3 Å². The molecule has 2 N–H and O–H groups in total. The maximum Gasteiger partial charge on any atom is 0.220 e. The highest BCUT2D eigenvalue weighted by Crippen LogP contribution is 2.28. The van der Waals surface area contributed by atoms with Gasteiger partial charge in [-0.15, -0.1) is 0 Å². The quantitative estimate of drug-likeness (QED) is 0.691. The molecule has 1 aromatic carbocycles. The third kappa shape index (κ3) is 1.63. The van der Waals surface area contributed by atoms with Gasteiger partial charge in [0.2, 0.25) is 5.95 Å². The van der Waals surface area contributed by atoms with Gasteiger partial charge in [0.15, 0.2) is 5.76 Å². The van der Waals surface area contributed by atoms with Crippen LogP contribution in [-0.2, 0) is 0 Å². The molecule has 2 aromatic heterocycles. The fraction of sp³-hybridized carbons (Fsp3) is 0.0769. The van der Waals surface area contributed by atoms with Crippen molar-refractivity contribution in [1.29, 1.82) is 0 Å². The average Bonchev–Trinajstić information content (AvgIpc) is 2.74. The Balaban J connectivity index is 2.22. The maximum atomic E-state index is 5.79. The van der Waals surface area contributed by atoms with E-state index in [1.54, 1.807) is 12.3 Å². The predicted octanol–water partition coefficient (Wildman–Crippen LogP) is 2.78. The molecule has 0 aliphatic heterocycles. The molecule has 84 valence electrons. The molecule has 4 heteroatoms. The van der Waals surface area contributed by atoms with Gasteiger partial charge in [-0.3, -0.25) is 0 Å². The maximum absolute atomic E-state index is 5.79. The second-order valence-electron chi connectivity index (χ2n) is 3.90. The number of anilines is 1. The molecule has 0 spiro atoms. The molecule has 0 fully saturated rings. The number of fused-ring (bicyclic) bond motifs is 1. The Morgan fingerprint density at radius 3 is 2.88 bits per heavy atom. The molecule has 0 aliphatic carbocycles. The number of nitrogens with zero attached hydrogens (tertiary/aromatic N) is 2. The monoisotopic (exact) mass is 225 g/mol. The lowest BCUT2D eigenvalue weighted by Crippen LogP contribution is -1.94. The molecule has 0 amide bonds. The zero-order chi connectivity index (χ0) is 11.8. The fourth-order valence-corrected chi connectivity index (χ4v) is 1.85. The zero-order valence-corrected chi connectivity index (χ0v) is 9.34. The van der Waals surface area contributed by atoms with Crippen molar-refractivity contribution in [2.24, 2.45) is 0 Å². The molecule has 0 saturated carbocycles. The topological polar surface area (TPSA) is 64.9 Å². The van der Waals surface area contributed by atoms with Crippen LogP contribution in [0.1, 0.15) is 5.56 Å². The molecule has 2 heterocycles. The molecule has 17 heavy (non-hydrogen) atoms. The number of aryl methyl sites for hydroxylation is 1. The smallest absolute Gasteiger partial charge is 0.220 e. The molecule has 0 aliphatic rings. The number of aromatic nitrogens is 2. The second-order valence-corrected chi connectivity index (χ2v) is 3.90. The number of benzene rings is 1. The largest absolute Gasteiger partial charge is 0.454 e. The van der Waals surface area contributed by atoms with E-state index in [2.05, 4.69) is 9.97 Å². The number of para-hydroxylation sites is 1. The van der Waals surface area contributed by atoms with E-state index in [4.69, 9.17) is 10.2 Å². The van der Waals surface area contributed by atoms with E-state index in [1.807, 2.05) is 31.2 Å². The Morgan fingerprint density at radius 1 is 1.24 bits per heavy atom. The molecular formula is C13H11N3O. The van der Waals surface area contributed by atoms with E-state index in [1.165, 1.54) is 0 Å². The summed E-state index contributed by atoms with van der Waals surface area (Å²) >= 11 is 0. The highest BCUT2D eigenvalue weighted by atomic mass is 16.3. The lowest BCUT2D eigenvalue weighted by atomic mass is 10.2. The summed E-state index contributed by atoms with van der Waals surface area (Å²) in [5.41, 5.74) is 8.25. The minimum absolute atomic E-state index is 0.250. The highest BCUT2D eigenvalue weighted by Gasteiger charge is 2.09. The van der Waals surface area contributed by atoms with Crippen molar-refractivity contribution in [1.82, 2.24) is 9.97 Å². The van der Waals surface area contributed by atoms with Gasteiger partial charge in [-0.05, 0) is 24.6 Å². The van der Waals surface area contributed by atoms with Gasteiger partial charge in [-0.25, -0.2) is 9.97 Å². The Labute approximate surface area is 98.1 Å². The first-order chi connectivity index (χ1) is 8.24. The average molecular weight is 225 g/mol. The van der Waals surface area contributed by atoms with Gasteiger partial charge < -0.3 is 10.2 Å². The van der Waals surface area contributed by atoms with Crippen LogP contribution in [0.15, 0.2) is 40.9 Å². The van der Waals surface area contributed by atoms with Crippen LogP contribution < -0.4 is 5.73 Å². The number of hydrogen-bond acceptors (Lipinski definition) is 4. The number of nitrogens with two attached hydrogens (primary N) is 1. The Morgan fingerprint density at radius 2 is 2.12 bits per heavy atom. The van der Waals surface area contributed by atoms with Crippen LogP contribution in [0.3, 0.4) is 0 Å². The van der Waals surface area contributed by atoms with Crippen molar-refractivity contribution in [2.45, 2.75) is 6.92 Å². The number of furan rings is 1. The van der Waals surface area contributed by atoms with Crippen molar-refractivity contribution in [2.75, 3.05) is 5.73 Å². The van der Waals surface area contributed by atoms with E-state index in [0.29, 0.717) is 11.5 Å². The van der Waals surface area contributed by atoms with Crippen LogP contribution in [0.2, 0.25) is 0 Å². The Hall–Kier alpha value is -2.36. The van der Waals surface area contributed by atoms with Crippen molar-refractivity contribution < 1.29 is 4.42 Å². The first kappa shape index (κ1) is 9.84. The summed E-state index contributed by atoms with van der Waals surface area (Å²) in [6.07, 6.45) is 1.62. The zero-order valence-electron chi connectivity index (χ0n) is 9.34. The van der Waals surface area contributed by atoms with Crippen molar-refractivity contribution in [3.63, 3.8) is 0 Å². The van der Waals surface area contributed by atoms with Crippen LogP contribution in [0.25, 0.3) is 22.4 Å². The molecule has 3 aromatic rings. The number of rotatable bonds is 1. The summed E-state index contributed by atoms with van der Waals surface area (Å²) < 4.78 is 5.79. The molecule has 0 unspecified atom stereocenters. The molecular weight excluding hydrogens is 214 g/mol. The third-order valence-corrected chi connectivity index (χ3v) is 2.67. The summed E-state index contributed by atoms with van der Waals surface area (Å²) in [6, 6.07) is 9.78. The van der Waals surface area contributed by atoms with Gasteiger partial charge in [0.25, 0.3) is 0 Å². The van der Waals surface area contributed by atoms with E-state index in [-0.39, 0.29) is 5.95 Å². The van der Waals surface area contributed by atoms with Gasteiger partial charge in [-0.2, -0.15) is 0 Å². The molecule has 0 bridgehead atoms. The highest BCUT2D eigenvalue weighted by molar-refractivity contribution is 5.84. The summed E-state index contributed by atoms with van der Waals surface area (Å²) in [4.78, 5) is 8.00. The Bertz CT molecular complexity index is 688. The standard InChI is InChI=1S/C13H11N3O/c1-8-3-2-4-9-7-11(17-12(8)9)10-5-6-15-13(14)16-10/h2-7H,1H3,(H2,14,15,16). The molecule has 0 saturated heterocycles. The summed E-state index contributed by atoms with van der Waals surface area (Å²) in [5, 5.41) is 1.07. The van der Waals surface area contributed by atoms with Gasteiger partial charge >= 0.3 is 0 Å². The lowest BCUT2D eigenvalue weighted by molar-refractivity contribution is 0.626. The summed E-state index contributed by atoms with van der Waals surface area (Å²) in [5.74, 6) is 0.961.